The second-order valence-electron chi connectivity index (χ2n) is 3.90. The topological polar surface area (TPSA) is 26.3 Å². The lowest BCUT2D eigenvalue weighted by atomic mass is 9.95. The van der Waals surface area contributed by atoms with E-state index < -0.39 is 0 Å². The van der Waals surface area contributed by atoms with Gasteiger partial charge in [-0.05, 0) is 24.6 Å². The molecule has 0 N–H and O–H groups in total. The summed E-state index contributed by atoms with van der Waals surface area (Å²) in [4.78, 5) is 12.1. The maximum Gasteiger partial charge on any atom is 0.167 e. The summed E-state index contributed by atoms with van der Waals surface area (Å²) in [5.74, 6) is 0.761. The van der Waals surface area contributed by atoms with Gasteiger partial charge in [0, 0.05) is 11.5 Å². The highest BCUT2D eigenvalue weighted by atomic mass is 35.5. The van der Waals surface area contributed by atoms with Crippen LogP contribution in [0.1, 0.15) is 37.0 Å². The van der Waals surface area contributed by atoms with Crippen LogP contribution in [0.2, 0.25) is 5.02 Å². The Morgan fingerprint density at radius 3 is 2.75 bits per heavy atom. The third-order valence-corrected chi connectivity index (χ3v) is 2.94. The maximum absolute atomic E-state index is 12.1. The number of carbonyl (C=O) groups is 1. The summed E-state index contributed by atoms with van der Waals surface area (Å²) in [5, 5.41) is 0.494. The number of hydrogen-bond acceptors (Lipinski definition) is 2. The van der Waals surface area contributed by atoms with E-state index in [1.807, 2.05) is 6.92 Å². The van der Waals surface area contributed by atoms with Crippen LogP contribution in [0.5, 0.6) is 5.75 Å². The molecule has 1 atom stereocenters. The smallest absolute Gasteiger partial charge is 0.167 e. The zero-order valence-corrected chi connectivity index (χ0v) is 10.7. The molecular formula is C13H17ClO2. The first kappa shape index (κ1) is 13.0. The first-order valence-electron chi connectivity index (χ1n) is 5.47. The first-order chi connectivity index (χ1) is 7.60. The van der Waals surface area contributed by atoms with Crippen molar-refractivity contribution in [3.8, 4) is 5.75 Å². The summed E-state index contributed by atoms with van der Waals surface area (Å²) >= 11 is 6.02. The molecule has 0 fully saturated rings. The molecule has 0 amide bonds. The van der Waals surface area contributed by atoms with E-state index in [0.717, 1.165) is 12.8 Å². The van der Waals surface area contributed by atoms with Gasteiger partial charge in [-0.15, -0.1) is 0 Å². The highest BCUT2D eigenvalue weighted by Crippen LogP contribution is 2.25. The van der Waals surface area contributed by atoms with Crippen molar-refractivity contribution < 1.29 is 9.53 Å². The van der Waals surface area contributed by atoms with Crippen molar-refractivity contribution in [2.45, 2.75) is 26.7 Å². The van der Waals surface area contributed by atoms with Crippen molar-refractivity contribution in [2.24, 2.45) is 5.92 Å². The molecule has 0 bridgehead atoms. The van der Waals surface area contributed by atoms with E-state index in [2.05, 4.69) is 6.92 Å². The minimum absolute atomic E-state index is 0.00889. The molecule has 0 saturated heterocycles. The van der Waals surface area contributed by atoms with Gasteiger partial charge >= 0.3 is 0 Å². The van der Waals surface area contributed by atoms with Crippen LogP contribution in [-0.2, 0) is 0 Å². The average Bonchev–Trinajstić information content (AvgIpc) is 2.29. The number of ether oxygens (including phenoxy) is 1. The molecule has 1 rings (SSSR count). The quantitative estimate of drug-likeness (QED) is 0.728. The molecule has 1 aromatic carbocycles. The molecule has 0 heterocycles. The van der Waals surface area contributed by atoms with Crippen LogP contribution < -0.4 is 4.74 Å². The van der Waals surface area contributed by atoms with E-state index in [1.54, 1.807) is 25.3 Å². The summed E-state index contributed by atoms with van der Waals surface area (Å²) in [5.41, 5.74) is 0.557. The Balaban J connectivity index is 2.97. The van der Waals surface area contributed by atoms with Gasteiger partial charge < -0.3 is 4.74 Å². The molecule has 0 radical (unpaired) electrons. The molecule has 0 aliphatic heterocycles. The van der Waals surface area contributed by atoms with Crippen molar-refractivity contribution >= 4 is 17.4 Å². The van der Waals surface area contributed by atoms with E-state index in [0.29, 0.717) is 16.3 Å². The van der Waals surface area contributed by atoms with Gasteiger partial charge in [0.15, 0.2) is 5.78 Å². The molecule has 88 valence electrons. The maximum atomic E-state index is 12.1. The number of hydrogen-bond donors (Lipinski definition) is 0. The Kier molecular flexibility index (Phi) is 4.81. The Bertz CT molecular complexity index is 374. The first-order valence-corrected chi connectivity index (χ1v) is 5.85. The standard InChI is InChI=1S/C13H17ClO2/c1-4-5-9(2)13(15)11-8-10(16-3)6-7-12(11)14/h6-9H,4-5H2,1-3H3. The van der Waals surface area contributed by atoms with Crippen LogP contribution in [-0.4, -0.2) is 12.9 Å². The molecule has 1 unspecified atom stereocenters. The zero-order valence-electron chi connectivity index (χ0n) is 9.92. The van der Waals surface area contributed by atoms with Crippen molar-refractivity contribution in [1.29, 1.82) is 0 Å². The molecule has 3 heteroatoms. The average molecular weight is 241 g/mol. The molecule has 0 spiro atoms. The third-order valence-electron chi connectivity index (χ3n) is 2.61. The fourth-order valence-electron chi connectivity index (χ4n) is 1.65. The highest BCUT2D eigenvalue weighted by Gasteiger charge is 2.17. The number of carbonyl (C=O) groups excluding carboxylic acids is 1. The predicted molar refractivity (Wildman–Crippen MR) is 66.4 cm³/mol. The number of ketones is 1. The predicted octanol–water partition coefficient (Wildman–Crippen LogP) is 3.97. The monoisotopic (exact) mass is 240 g/mol. The Labute approximate surface area is 102 Å². The molecule has 1 aromatic rings. The Hall–Kier alpha value is -1.02. The molecular weight excluding hydrogens is 224 g/mol. The number of rotatable bonds is 5. The SMILES string of the molecule is CCCC(C)C(=O)c1cc(OC)ccc1Cl. The van der Waals surface area contributed by atoms with Gasteiger partial charge in [-0.3, -0.25) is 4.79 Å². The second kappa shape index (κ2) is 5.90. The summed E-state index contributed by atoms with van der Waals surface area (Å²) in [6.45, 7) is 4.00. The van der Waals surface area contributed by atoms with Crippen molar-refractivity contribution in [3.63, 3.8) is 0 Å². The van der Waals surface area contributed by atoms with Crippen molar-refractivity contribution in [3.05, 3.63) is 28.8 Å². The van der Waals surface area contributed by atoms with Crippen LogP contribution in [0.3, 0.4) is 0 Å². The molecule has 16 heavy (non-hydrogen) atoms. The number of halogens is 1. The molecule has 2 nitrogen and oxygen atoms in total. The summed E-state index contributed by atoms with van der Waals surface area (Å²) in [6, 6.07) is 5.16. The zero-order chi connectivity index (χ0) is 12.1. The minimum Gasteiger partial charge on any atom is -0.497 e. The third kappa shape index (κ3) is 2.99. The molecule has 0 aliphatic rings. The van der Waals surface area contributed by atoms with E-state index >= 15 is 0 Å². The molecule has 0 aromatic heterocycles. The lowest BCUT2D eigenvalue weighted by Crippen LogP contribution is -2.11. The van der Waals surface area contributed by atoms with Crippen LogP contribution in [0.4, 0.5) is 0 Å². The van der Waals surface area contributed by atoms with Crippen LogP contribution >= 0.6 is 11.6 Å². The van der Waals surface area contributed by atoms with Gasteiger partial charge in [0.2, 0.25) is 0 Å². The van der Waals surface area contributed by atoms with E-state index in [9.17, 15) is 4.79 Å². The van der Waals surface area contributed by atoms with E-state index in [1.165, 1.54) is 0 Å². The van der Waals surface area contributed by atoms with Gasteiger partial charge in [-0.25, -0.2) is 0 Å². The fourth-order valence-corrected chi connectivity index (χ4v) is 1.86. The normalized spacial score (nSPS) is 12.2. The summed E-state index contributed by atoms with van der Waals surface area (Å²) in [6.07, 6.45) is 1.88. The van der Waals surface area contributed by atoms with Gasteiger partial charge in [-0.1, -0.05) is 31.9 Å². The number of benzene rings is 1. The van der Waals surface area contributed by atoms with E-state index in [-0.39, 0.29) is 11.7 Å². The minimum atomic E-state index is 0.00889. The van der Waals surface area contributed by atoms with Gasteiger partial charge in [-0.2, -0.15) is 0 Å². The fraction of sp³-hybridized carbons (Fsp3) is 0.462. The van der Waals surface area contributed by atoms with Crippen LogP contribution in [0, 0.1) is 5.92 Å². The van der Waals surface area contributed by atoms with Gasteiger partial charge in [0.05, 0.1) is 12.1 Å². The van der Waals surface area contributed by atoms with Crippen molar-refractivity contribution in [1.82, 2.24) is 0 Å². The Morgan fingerprint density at radius 1 is 1.50 bits per heavy atom. The van der Waals surface area contributed by atoms with Gasteiger partial charge in [0.1, 0.15) is 5.75 Å². The summed E-state index contributed by atoms with van der Waals surface area (Å²) in [7, 11) is 1.58. The summed E-state index contributed by atoms with van der Waals surface area (Å²) < 4.78 is 5.09. The highest BCUT2D eigenvalue weighted by molar-refractivity contribution is 6.34. The largest absolute Gasteiger partial charge is 0.497 e. The Morgan fingerprint density at radius 2 is 2.19 bits per heavy atom. The van der Waals surface area contributed by atoms with Crippen LogP contribution in [0.25, 0.3) is 0 Å². The van der Waals surface area contributed by atoms with Crippen LogP contribution in [0.15, 0.2) is 18.2 Å². The van der Waals surface area contributed by atoms with E-state index in [4.69, 9.17) is 16.3 Å². The van der Waals surface area contributed by atoms with Gasteiger partial charge in [0.25, 0.3) is 0 Å². The molecule has 0 saturated carbocycles. The second-order valence-corrected chi connectivity index (χ2v) is 4.31. The lowest BCUT2D eigenvalue weighted by Gasteiger charge is -2.11. The van der Waals surface area contributed by atoms with Crippen molar-refractivity contribution in [2.75, 3.05) is 7.11 Å². The lowest BCUT2D eigenvalue weighted by molar-refractivity contribution is 0.0923. The number of methoxy groups -OCH3 is 1. The molecule has 0 aliphatic carbocycles. The number of Topliss-reactive ketones (excluding diaryl/α,β-unsaturated/α-hetero) is 1.